The van der Waals surface area contributed by atoms with Gasteiger partial charge in [-0.3, -0.25) is 0 Å². The molecular weight excluding hydrogens is 599 g/mol. The summed E-state index contributed by atoms with van der Waals surface area (Å²) in [4.78, 5) is 0. The molecule has 48 heavy (non-hydrogen) atoms. The van der Waals surface area contributed by atoms with Crippen LogP contribution in [0.5, 0.6) is 0 Å². The third-order valence-electron chi connectivity index (χ3n) is 9.42. The summed E-state index contributed by atoms with van der Waals surface area (Å²) >= 11 is 0. The first-order valence-corrected chi connectivity index (χ1v) is 18.0. The highest BCUT2D eigenvalue weighted by Gasteiger charge is 2.42. The Kier molecular flexibility index (Phi) is 7.27. The Balaban J connectivity index is 1.45. The summed E-state index contributed by atoms with van der Waals surface area (Å²) in [6, 6.07) is 66.2. The predicted octanol–water partition coefficient (Wildman–Crippen LogP) is 7.57. The van der Waals surface area contributed by atoms with Crippen LogP contribution in [0.3, 0.4) is 0 Å². The first-order chi connectivity index (χ1) is 23.8. The van der Waals surface area contributed by atoms with Crippen LogP contribution in [0.25, 0.3) is 38.6 Å². The van der Waals surface area contributed by atoms with Crippen molar-refractivity contribution in [3.63, 3.8) is 0 Å². The number of hydrogen-bond acceptors (Lipinski definition) is 2. The average molecular weight is 628 g/mol. The van der Waals surface area contributed by atoms with Gasteiger partial charge in [0, 0.05) is 10.8 Å². The van der Waals surface area contributed by atoms with E-state index in [1.165, 1.54) is 20.7 Å². The molecule has 224 valence electrons. The van der Waals surface area contributed by atoms with Crippen molar-refractivity contribution in [3.05, 3.63) is 187 Å². The van der Waals surface area contributed by atoms with Gasteiger partial charge >= 0.3 is 0 Å². The fourth-order valence-corrected chi connectivity index (χ4v) is 12.4. The zero-order valence-electron chi connectivity index (χ0n) is 26.1. The van der Waals surface area contributed by atoms with Crippen molar-refractivity contribution in [2.75, 3.05) is 0 Å². The molecule has 8 aromatic rings. The Hall–Kier alpha value is -6.46. The van der Waals surface area contributed by atoms with E-state index in [2.05, 4.69) is 156 Å². The van der Waals surface area contributed by atoms with Gasteiger partial charge in [0.05, 0.1) is 27.8 Å². The number of fused-ring (bicyclic) bond motifs is 3. The van der Waals surface area contributed by atoms with Crippen molar-refractivity contribution < 1.29 is 0 Å². The van der Waals surface area contributed by atoms with Gasteiger partial charge in [-0.25, -0.2) is 0 Å². The highest BCUT2D eigenvalue weighted by molar-refractivity contribution is 7.20. The van der Waals surface area contributed by atoms with Crippen LogP contribution in [-0.2, 0) is 0 Å². The van der Waals surface area contributed by atoms with E-state index < -0.39 is 8.07 Å². The van der Waals surface area contributed by atoms with Crippen LogP contribution >= 0.6 is 0 Å². The largest absolute Gasteiger partial charge is 0.307 e. The van der Waals surface area contributed by atoms with Gasteiger partial charge in [-0.05, 0) is 56.1 Å². The predicted molar refractivity (Wildman–Crippen MR) is 199 cm³/mol. The minimum Gasteiger partial charge on any atom is -0.307 e. The molecule has 8 rings (SSSR count). The highest BCUT2D eigenvalue weighted by atomic mass is 28.3. The van der Waals surface area contributed by atoms with Crippen LogP contribution in [0.2, 0.25) is 0 Å². The number of benzene rings is 7. The Morgan fingerprint density at radius 1 is 0.438 bits per heavy atom. The normalized spacial score (nSPS) is 11.3. The number of nitrogens with zero attached hydrogens (tertiary/aromatic N) is 3. The second kappa shape index (κ2) is 12.0. The summed E-state index contributed by atoms with van der Waals surface area (Å²) in [5.41, 5.74) is 5.31. The molecule has 3 nitrogen and oxygen atoms in total. The molecule has 0 fully saturated rings. The fourth-order valence-electron chi connectivity index (χ4n) is 7.46. The number of aromatic nitrogens is 1. The number of para-hydroxylation sites is 2. The molecule has 0 radical (unpaired) electrons. The lowest BCUT2D eigenvalue weighted by Gasteiger charge is -2.36. The molecule has 0 saturated carbocycles. The number of hydrogen-bond donors (Lipinski definition) is 0. The molecule has 0 bridgehead atoms. The molecule has 0 aliphatic carbocycles. The molecule has 1 heterocycles. The Morgan fingerprint density at radius 3 is 1.29 bits per heavy atom. The Bertz CT molecular complexity index is 2340. The smallest absolute Gasteiger partial charge is 0.180 e. The van der Waals surface area contributed by atoms with E-state index in [0.29, 0.717) is 16.8 Å². The van der Waals surface area contributed by atoms with E-state index in [1.807, 2.05) is 36.4 Å². The molecule has 0 saturated heterocycles. The summed E-state index contributed by atoms with van der Waals surface area (Å²) in [5, 5.41) is 28.7. The Labute approximate surface area is 280 Å². The van der Waals surface area contributed by atoms with Crippen molar-refractivity contribution in [2.45, 2.75) is 0 Å². The van der Waals surface area contributed by atoms with E-state index in [4.69, 9.17) is 0 Å². The van der Waals surface area contributed by atoms with Crippen LogP contribution in [0.15, 0.2) is 176 Å². The SMILES string of the molecule is N#Cc1cc(-c2ccccc2[Si](c2ccccc2)(c2ccccc2)c2ccccc2)cc(C#N)c1-n1c2ccccc2c2ccccc21. The second-order valence-electron chi connectivity index (χ2n) is 11.9. The first-order valence-electron chi connectivity index (χ1n) is 16.0. The maximum atomic E-state index is 10.8. The molecule has 7 aromatic carbocycles. The van der Waals surface area contributed by atoms with Gasteiger partial charge in [0.25, 0.3) is 0 Å². The monoisotopic (exact) mass is 627 g/mol. The third-order valence-corrected chi connectivity index (χ3v) is 14.3. The van der Waals surface area contributed by atoms with Crippen LogP contribution in [0, 0.1) is 22.7 Å². The van der Waals surface area contributed by atoms with Gasteiger partial charge in [0.1, 0.15) is 12.1 Å². The van der Waals surface area contributed by atoms with Crippen LogP contribution in [0.4, 0.5) is 0 Å². The van der Waals surface area contributed by atoms with Gasteiger partial charge < -0.3 is 4.57 Å². The Morgan fingerprint density at radius 2 is 0.833 bits per heavy atom. The van der Waals surface area contributed by atoms with Crippen molar-refractivity contribution in [3.8, 4) is 29.0 Å². The molecule has 0 atom stereocenters. The van der Waals surface area contributed by atoms with Crippen molar-refractivity contribution >= 4 is 50.6 Å². The minimum absolute atomic E-state index is 0.455. The van der Waals surface area contributed by atoms with Crippen molar-refractivity contribution in [2.24, 2.45) is 0 Å². The molecule has 0 unspecified atom stereocenters. The zero-order valence-corrected chi connectivity index (χ0v) is 27.1. The highest BCUT2D eigenvalue weighted by Crippen LogP contribution is 2.36. The summed E-state index contributed by atoms with van der Waals surface area (Å²) < 4.78 is 2.08. The average Bonchev–Trinajstić information content (AvgIpc) is 3.50. The van der Waals surface area contributed by atoms with E-state index in [0.717, 1.165) is 32.9 Å². The van der Waals surface area contributed by atoms with Crippen molar-refractivity contribution in [1.29, 1.82) is 10.5 Å². The van der Waals surface area contributed by atoms with Gasteiger partial charge in [0.2, 0.25) is 0 Å². The van der Waals surface area contributed by atoms with Gasteiger partial charge in [0.15, 0.2) is 8.07 Å². The summed E-state index contributed by atoms with van der Waals surface area (Å²) in [6.07, 6.45) is 0. The van der Waals surface area contributed by atoms with Crippen LogP contribution in [0.1, 0.15) is 11.1 Å². The van der Waals surface area contributed by atoms with E-state index in [-0.39, 0.29) is 0 Å². The molecule has 0 aliphatic heterocycles. The number of nitriles is 2. The van der Waals surface area contributed by atoms with Crippen molar-refractivity contribution in [1.82, 2.24) is 4.57 Å². The number of rotatable bonds is 6. The summed E-state index contributed by atoms with van der Waals surface area (Å²) in [5.74, 6) is 0. The lowest BCUT2D eigenvalue weighted by atomic mass is 9.98. The molecule has 0 aliphatic rings. The lowest BCUT2D eigenvalue weighted by Crippen LogP contribution is -2.75. The van der Waals surface area contributed by atoms with E-state index in [9.17, 15) is 10.5 Å². The summed E-state index contributed by atoms with van der Waals surface area (Å²) in [7, 11) is -2.89. The standard InChI is InChI=1S/C44H29N3Si/c45-30-33-28-32(29-34(31-46)44(33)47-41-25-13-10-23-39(41)40-24-11-14-26-42(40)47)38-22-12-15-27-43(38)48(35-16-4-1-5-17-35,36-18-6-2-7-19-36)37-20-8-3-9-21-37/h1-29H. The fraction of sp³-hybridized carbons (Fsp3) is 0. The van der Waals surface area contributed by atoms with Gasteiger partial charge in [-0.15, -0.1) is 0 Å². The van der Waals surface area contributed by atoms with Crippen LogP contribution < -0.4 is 20.7 Å². The molecule has 0 spiro atoms. The molecule has 0 N–H and O–H groups in total. The van der Waals surface area contributed by atoms with Crippen LogP contribution in [-0.4, -0.2) is 12.6 Å². The maximum Gasteiger partial charge on any atom is 0.180 e. The van der Waals surface area contributed by atoms with Gasteiger partial charge in [-0.1, -0.05) is 152 Å². The molecule has 1 aromatic heterocycles. The third kappa shape index (κ3) is 4.48. The topological polar surface area (TPSA) is 52.5 Å². The van der Waals surface area contributed by atoms with E-state index in [1.54, 1.807) is 0 Å². The first kappa shape index (κ1) is 29.0. The summed E-state index contributed by atoms with van der Waals surface area (Å²) in [6.45, 7) is 0. The molecular formula is C44H29N3Si. The maximum absolute atomic E-state index is 10.8. The lowest BCUT2D eigenvalue weighted by molar-refractivity contribution is 1.16. The minimum atomic E-state index is -2.89. The zero-order chi connectivity index (χ0) is 32.5. The van der Waals surface area contributed by atoms with E-state index >= 15 is 0 Å². The molecule has 0 amide bonds. The van der Waals surface area contributed by atoms with Gasteiger partial charge in [-0.2, -0.15) is 10.5 Å². The second-order valence-corrected chi connectivity index (χ2v) is 15.7. The molecule has 4 heteroatoms. The quantitative estimate of drug-likeness (QED) is 0.141.